The van der Waals surface area contributed by atoms with Crippen LogP contribution < -0.4 is 5.73 Å². The molecular formula is C25H26FN5O2. The van der Waals surface area contributed by atoms with Crippen LogP contribution in [0.1, 0.15) is 63.7 Å². The molecule has 0 aliphatic heterocycles. The first-order chi connectivity index (χ1) is 15.8. The van der Waals surface area contributed by atoms with Crippen molar-refractivity contribution in [3.8, 4) is 23.2 Å². The number of aromatic nitrogens is 4. The highest BCUT2D eigenvalue weighted by molar-refractivity contribution is 5.87. The van der Waals surface area contributed by atoms with Crippen molar-refractivity contribution in [1.82, 2.24) is 19.5 Å². The van der Waals surface area contributed by atoms with Crippen LogP contribution in [0.2, 0.25) is 0 Å². The molecule has 3 aromatic rings. The van der Waals surface area contributed by atoms with Crippen LogP contribution in [0.15, 0.2) is 24.3 Å². The second-order valence-electron chi connectivity index (χ2n) is 9.12. The smallest absolute Gasteiger partial charge is 0.209 e. The predicted octanol–water partition coefficient (Wildman–Crippen LogP) is 3.80. The summed E-state index contributed by atoms with van der Waals surface area (Å²) in [6.07, 6.45) is 5.59. The third-order valence-corrected chi connectivity index (χ3v) is 6.82. The number of imidazole rings is 1. The maximum absolute atomic E-state index is 14.1. The third-order valence-electron chi connectivity index (χ3n) is 6.82. The molecule has 2 aliphatic carbocycles. The van der Waals surface area contributed by atoms with E-state index in [-0.39, 0.29) is 35.2 Å². The van der Waals surface area contributed by atoms with Gasteiger partial charge in [0.15, 0.2) is 17.0 Å². The monoisotopic (exact) mass is 447 g/mol. The Balaban J connectivity index is 1.71. The van der Waals surface area contributed by atoms with Gasteiger partial charge in [-0.1, -0.05) is 24.5 Å². The quantitative estimate of drug-likeness (QED) is 0.592. The number of nitrogen functional groups attached to an aromatic ring is 1. The summed E-state index contributed by atoms with van der Waals surface area (Å²) in [5, 5.41) is 10.6. The van der Waals surface area contributed by atoms with E-state index < -0.39 is 5.60 Å². The molecule has 33 heavy (non-hydrogen) atoms. The predicted molar refractivity (Wildman–Crippen MR) is 122 cm³/mol. The first kappa shape index (κ1) is 21.5. The topological polar surface area (TPSA) is 107 Å². The lowest BCUT2D eigenvalue weighted by molar-refractivity contribution is -0.121. The average molecular weight is 448 g/mol. The average Bonchev–Trinajstić information content (AvgIpc) is 3.50. The van der Waals surface area contributed by atoms with E-state index in [4.69, 9.17) is 10.7 Å². The van der Waals surface area contributed by atoms with Gasteiger partial charge >= 0.3 is 0 Å². The van der Waals surface area contributed by atoms with E-state index in [1.165, 1.54) is 12.1 Å². The first-order valence-corrected chi connectivity index (χ1v) is 11.4. The molecule has 2 fully saturated rings. The zero-order chi connectivity index (χ0) is 23.2. The van der Waals surface area contributed by atoms with Gasteiger partial charge in [-0.15, -0.1) is 0 Å². The lowest BCUT2D eigenvalue weighted by Crippen LogP contribution is -2.21. The molecule has 170 valence electrons. The van der Waals surface area contributed by atoms with Crippen molar-refractivity contribution in [3.63, 3.8) is 0 Å². The Morgan fingerprint density at radius 3 is 2.73 bits per heavy atom. The van der Waals surface area contributed by atoms with E-state index in [2.05, 4.69) is 21.8 Å². The van der Waals surface area contributed by atoms with Crippen molar-refractivity contribution < 1.29 is 14.3 Å². The number of ketones is 1. The maximum atomic E-state index is 14.1. The molecule has 2 aliphatic rings. The summed E-state index contributed by atoms with van der Waals surface area (Å²) in [5.74, 6) is 6.23. The van der Waals surface area contributed by atoms with Crippen molar-refractivity contribution in [2.24, 2.45) is 5.92 Å². The van der Waals surface area contributed by atoms with Gasteiger partial charge in [-0.05, 0) is 63.5 Å². The second-order valence-corrected chi connectivity index (χ2v) is 9.12. The van der Waals surface area contributed by atoms with E-state index in [0.29, 0.717) is 35.4 Å². The minimum atomic E-state index is -1.02. The van der Waals surface area contributed by atoms with E-state index in [1.807, 2.05) is 4.57 Å². The molecular weight excluding hydrogens is 421 g/mol. The zero-order valence-corrected chi connectivity index (χ0v) is 18.5. The number of halogens is 1. The molecule has 1 aromatic carbocycles. The summed E-state index contributed by atoms with van der Waals surface area (Å²) in [7, 11) is 0. The molecule has 0 radical (unpaired) electrons. The number of Topliss-reactive ketones (excluding diaryl/α,β-unsaturated/α-hetero) is 1. The van der Waals surface area contributed by atoms with Crippen LogP contribution in [-0.4, -0.2) is 36.0 Å². The summed E-state index contributed by atoms with van der Waals surface area (Å²) in [5.41, 5.74) is 6.69. The van der Waals surface area contributed by atoms with Crippen molar-refractivity contribution in [2.45, 2.75) is 63.5 Å². The minimum Gasteiger partial charge on any atom is -0.382 e. The third kappa shape index (κ3) is 3.98. The van der Waals surface area contributed by atoms with Crippen molar-refractivity contribution >= 4 is 22.8 Å². The van der Waals surface area contributed by atoms with Crippen LogP contribution in [0, 0.1) is 23.6 Å². The van der Waals surface area contributed by atoms with E-state index in [1.54, 1.807) is 19.1 Å². The van der Waals surface area contributed by atoms with Gasteiger partial charge < -0.3 is 15.4 Å². The van der Waals surface area contributed by atoms with Gasteiger partial charge in [0.1, 0.15) is 23.0 Å². The fourth-order valence-corrected chi connectivity index (χ4v) is 5.18. The number of nitrogens with zero attached hydrogens (tertiary/aromatic N) is 4. The van der Waals surface area contributed by atoms with Crippen molar-refractivity contribution in [3.05, 3.63) is 35.9 Å². The Hall–Kier alpha value is -3.31. The highest BCUT2D eigenvalue weighted by Crippen LogP contribution is 2.41. The molecule has 2 heterocycles. The van der Waals surface area contributed by atoms with Gasteiger partial charge in [0.2, 0.25) is 5.82 Å². The Labute approximate surface area is 191 Å². The SMILES string of the molecule is CC(=O)[C@@H]1CCCC1n1c(-c2cccc(F)c2)nc2c(N)nc(C#CC3(O)CCCC3)nc21. The number of nitrogens with two attached hydrogens (primary N) is 1. The van der Waals surface area contributed by atoms with Crippen LogP contribution in [-0.2, 0) is 4.79 Å². The number of rotatable bonds is 3. The highest BCUT2D eigenvalue weighted by Gasteiger charge is 2.35. The molecule has 2 saturated carbocycles. The number of anilines is 1. The minimum absolute atomic E-state index is 0.107. The van der Waals surface area contributed by atoms with E-state index in [0.717, 1.165) is 32.1 Å². The van der Waals surface area contributed by atoms with Crippen LogP contribution in [0.25, 0.3) is 22.6 Å². The lowest BCUT2D eigenvalue weighted by atomic mass is 9.98. The normalized spacial score (nSPS) is 21.8. The Kier molecular flexibility index (Phi) is 5.37. The Bertz CT molecular complexity index is 1300. The largest absolute Gasteiger partial charge is 0.382 e. The van der Waals surface area contributed by atoms with E-state index in [9.17, 15) is 14.3 Å². The first-order valence-electron chi connectivity index (χ1n) is 11.4. The van der Waals surface area contributed by atoms with Gasteiger partial charge in [-0.3, -0.25) is 4.79 Å². The van der Waals surface area contributed by atoms with Crippen LogP contribution in [0.4, 0.5) is 10.2 Å². The summed E-state index contributed by atoms with van der Waals surface area (Å²) in [4.78, 5) is 26.1. The number of carbonyl (C=O) groups excluding carboxylic acids is 1. The van der Waals surface area contributed by atoms with Gasteiger partial charge in [0.05, 0.1) is 0 Å². The highest BCUT2D eigenvalue weighted by atomic mass is 19.1. The van der Waals surface area contributed by atoms with Gasteiger partial charge in [0, 0.05) is 17.5 Å². The number of carbonyl (C=O) groups is 1. The molecule has 2 aromatic heterocycles. The standard InChI is InChI=1S/C25H26FN5O2/c1-15(32)18-8-5-9-19(18)31-23(16-6-4-7-17(26)14-16)30-21-22(27)28-20(29-24(21)31)10-13-25(33)11-2-3-12-25/h4,6-7,14,18-19,33H,2-3,5,8-9,11-12H2,1H3,(H2,27,28,29)/t18-,19?/m0/s1. The van der Waals surface area contributed by atoms with Gasteiger partial charge in [0.25, 0.3) is 0 Å². The number of aliphatic hydroxyl groups is 1. The molecule has 0 bridgehead atoms. The summed E-state index contributed by atoms with van der Waals surface area (Å²) in [6, 6.07) is 6.02. The van der Waals surface area contributed by atoms with Crippen molar-refractivity contribution in [1.29, 1.82) is 0 Å². The van der Waals surface area contributed by atoms with Crippen LogP contribution >= 0.6 is 0 Å². The number of hydrogen-bond acceptors (Lipinski definition) is 6. The van der Waals surface area contributed by atoms with Crippen LogP contribution in [0.3, 0.4) is 0 Å². The molecule has 0 amide bonds. The second kappa shape index (κ2) is 8.23. The molecule has 1 unspecified atom stereocenters. The summed E-state index contributed by atoms with van der Waals surface area (Å²) in [6.45, 7) is 1.60. The molecule has 8 heteroatoms. The number of hydrogen-bond donors (Lipinski definition) is 2. The Morgan fingerprint density at radius 1 is 1.21 bits per heavy atom. The molecule has 3 N–H and O–H groups in total. The summed E-state index contributed by atoms with van der Waals surface area (Å²) >= 11 is 0. The van der Waals surface area contributed by atoms with Gasteiger partial charge in [-0.2, -0.15) is 0 Å². The molecule has 7 nitrogen and oxygen atoms in total. The summed E-state index contributed by atoms with van der Waals surface area (Å²) < 4.78 is 16.0. The van der Waals surface area contributed by atoms with E-state index >= 15 is 0 Å². The Morgan fingerprint density at radius 2 is 2.00 bits per heavy atom. The molecule has 0 saturated heterocycles. The zero-order valence-electron chi connectivity index (χ0n) is 18.5. The number of benzene rings is 1. The fourth-order valence-electron chi connectivity index (χ4n) is 5.18. The van der Waals surface area contributed by atoms with Crippen LogP contribution in [0.5, 0.6) is 0 Å². The lowest BCUT2D eigenvalue weighted by Gasteiger charge is -2.21. The number of fused-ring (bicyclic) bond motifs is 1. The molecule has 5 rings (SSSR count). The van der Waals surface area contributed by atoms with Gasteiger partial charge in [-0.25, -0.2) is 19.3 Å². The maximum Gasteiger partial charge on any atom is 0.209 e. The molecule has 0 spiro atoms. The molecule has 2 atom stereocenters. The fraction of sp³-hybridized carbons (Fsp3) is 0.440. The van der Waals surface area contributed by atoms with Crippen molar-refractivity contribution in [2.75, 3.05) is 5.73 Å².